The summed E-state index contributed by atoms with van der Waals surface area (Å²) in [6.45, 7) is 4.06. The van der Waals surface area contributed by atoms with Gasteiger partial charge in [0.2, 0.25) is 10.0 Å². The molecule has 1 aromatic carbocycles. The highest BCUT2D eigenvalue weighted by Gasteiger charge is 2.65. The Labute approximate surface area is 136 Å². The number of fused-ring (bicyclic) bond motifs is 2. The van der Waals surface area contributed by atoms with E-state index in [4.69, 9.17) is 0 Å². The fraction of sp³-hybridized carbons (Fsp3) is 0.588. The minimum atomic E-state index is -3.62. The Balaban J connectivity index is 1.75. The molecule has 23 heavy (non-hydrogen) atoms. The first-order valence-corrected chi connectivity index (χ1v) is 9.57. The first-order valence-electron chi connectivity index (χ1n) is 7.91. The maximum atomic E-state index is 13.2. The van der Waals surface area contributed by atoms with Gasteiger partial charge in [-0.25, -0.2) is 17.5 Å². The first kappa shape index (κ1) is 16.6. The van der Waals surface area contributed by atoms with Crippen LogP contribution in [0, 0.1) is 22.6 Å². The molecular formula is C17H22FNO3S. The van der Waals surface area contributed by atoms with Crippen LogP contribution < -0.4 is 4.72 Å². The number of hydrogen-bond donors (Lipinski definition) is 1. The van der Waals surface area contributed by atoms with Gasteiger partial charge in [-0.1, -0.05) is 26.0 Å². The Bertz CT molecular complexity index is 744. The molecule has 0 aliphatic heterocycles. The summed E-state index contributed by atoms with van der Waals surface area (Å²) in [6, 6.07) is 5.83. The molecule has 126 valence electrons. The largest absolute Gasteiger partial charge is 0.299 e. The van der Waals surface area contributed by atoms with Crippen LogP contribution in [0.1, 0.15) is 38.7 Å². The molecule has 2 aliphatic carbocycles. The van der Waals surface area contributed by atoms with E-state index in [0.29, 0.717) is 18.4 Å². The van der Waals surface area contributed by atoms with E-state index in [-0.39, 0.29) is 29.4 Å². The summed E-state index contributed by atoms with van der Waals surface area (Å²) < 4.78 is 40.7. The van der Waals surface area contributed by atoms with Gasteiger partial charge in [-0.3, -0.25) is 4.79 Å². The lowest BCUT2D eigenvalue weighted by atomic mass is 9.70. The van der Waals surface area contributed by atoms with Crippen LogP contribution in [0.4, 0.5) is 4.39 Å². The number of sulfonamides is 1. The van der Waals surface area contributed by atoms with Crippen molar-refractivity contribution in [3.05, 3.63) is 35.6 Å². The number of benzene rings is 1. The summed E-state index contributed by atoms with van der Waals surface area (Å²) in [5.41, 5.74) is -0.490. The standard InChI is InChI=1S/C17H22FNO3S/c1-16(2)13-6-7-17(16,15(20)9-13)11-23(21,22)19-10-12-4-3-5-14(18)8-12/h3-5,8,13,19H,6-7,9-11H2,1-2H3/t13-,17-/m1/s1. The molecule has 2 fully saturated rings. The monoisotopic (exact) mass is 339 g/mol. The van der Waals surface area contributed by atoms with Crippen LogP contribution in [0.3, 0.4) is 0 Å². The molecule has 2 atom stereocenters. The average Bonchev–Trinajstić information content (AvgIpc) is 2.79. The summed E-state index contributed by atoms with van der Waals surface area (Å²) in [4.78, 5) is 12.4. The molecule has 2 aliphatic rings. The van der Waals surface area contributed by atoms with Crippen molar-refractivity contribution in [2.75, 3.05) is 5.75 Å². The van der Waals surface area contributed by atoms with E-state index < -0.39 is 21.3 Å². The second-order valence-electron chi connectivity index (χ2n) is 7.38. The number of carbonyl (C=O) groups is 1. The van der Waals surface area contributed by atoms with E-state index in [2.05, 4.69) is 4.72 Å². The molecule has 0 unspecified atom stereocenters. The highest BCUT2D eigenvalue weighted by Crippen LogP contribution is 2.64. The number of Topliss-reactive ketones (excluding diaryl/α,β-unsaturated/α-hetero) is 1. The Morgan fingerprint density at radius 2 is 2.09 bits per heavy atom. The predicted molar refractivity (Wildman–Crippen MR) is 85.6 cm³/mol. The van der Waals surface area contributed by atoms with Gasteiger partial charge < -0.3 is 0 Å². The molecule has 1 N–H and O–H groups in total. The maximum Gasteiger partial charge on any atom is 0.212 e. The first-order chi connectivity index (χ1) is 10.7. The van der Waals surface area contributed by atoms with E-state index >= 15 is 0 Å². The third kappa shape index (κ3) is 2.72. The van der Waals surface area contributed by atoms with Crippen molar-refractivity contribution in [1.29, 1.82) is 0 Å². The molecule has 4 nitrogen and oxygen atoms in total. The lowest BCUT2D eigenvalue weighted by Gasteiger charge is -2.36. The van der Waals surface area contributed by atoms with Crippen LogP contribution in [0.5, 0.6) is 0 Å². The van der Waals surface area contributed by atoms with Crippen LogP contribution >= 0.6 is 0 Å². The Kier molecular flexibility index (Phi) is 3.88. The fourth-order valence-corrected chi connectivity index (χ4v) is 6.14. The number of ketones is 1. The third-order valence-corrected chi connectivity index (χ3v) is 7.42. The number of hydrogen-bond acceptors (Lipinski definition) is 3. The van der Waals surface area contributed by atoms with Gasteiger partial charge in [-0.15, -0.1) is 0 Å². The molecule has 0 saturated heterocycles. The molecule has 0 spiro atoms. The smallest absolute Gasteiger partial charge is 0.212 e. The Hall–Kier alpha value is -1.27. The molecule has 3 rings (SSSR count). The van der Waals surface area contributed by atoms with Gasteiger partial charge in [0, 0.05) is 18.4 Å². The highest BCUT2D eigenvalue weighted by atomic mass is 32.2. The van der Waals surface area contributed by atoms with Gasteiger partial charge in [-0.2, -0.15) is 0 Å². The van der Waals surface area contributed by atoms with Crippen molar-refractivity contribution >= 4 is 15.8 Å². The van der Waals surface area contributed by atoms with Gasteiger partial charge in [0.15, 0.2) is 0 Å². The topological polar surface area (TPSA) is 63.2 Å². The van der Waals surface area contributed by atoms with Gasteiger partial charge >= 0.3 is 0 Å². The lowest BCUT2D eigenvalue weighted by molar-refractivity contribution is -0.128. The zero-order chi connectivity index (χ0) is 16.9. The molecule has 0 amide bonds. The van der Waals surface area contributed by atoms with Gasteiger partial charge in [-0.05, 0) is 41.9 Å². The van der Waals surface area contributed by atoms with Crippen molar-refractivity contribution in [3.63, 3.8) is 0 Å². The average molecular weight is 339 g/mol. The molecule has 0 radical (unpaired) electrons. The van der Waals surface area contributed by atoms with Crippen molar-refractivity contribution in [2.45, 2.75) is 39.7 Å². The summed E-state index contributed by atoms with van der Waals surface area (Å²) in [5, 5.41) is 0. The number of carbonyl (C=O) groups excluding carboxylic acids is 1. The van der Waals surface area contributed by atoms with Crippen LogP contribution in [-0.2, 0) is 21.4 Å². The lowest BCUT2D eigenvalue weighted by Crippen LogP contribution is -2.45. The molecule has 2 bridgehead atoms. The van der Waals surface area contributed by atoms with E-state index in [0.717, 1.165) is 6.42 Å². The minimum absolute atomic E-state index is 0.0359. The van der Waals surface area contributed by atoms with Gasteiger partial charge in [0.25, 0.3) is 0 Å². The zero-order valence-electron chi connectivity index (χ0n) is 13.4. The summed E-state index contributed by atoms with van der Waals surface area (Å²) in [7, 11) is -3.62. The molecule has 2 saturated carbocycles. The highest BCUT2D eigenvalue weighted by molar-refractivity contribution is 7.89. The van der Waals surface area contributed by atoms with Crippen molar-refractivity contribution < 1.29 is 17.6 Å². The SMILES string of the molecule is CC1(C)[C@@H]2CC[C@@]1(CS(=O)(=O)NCc1cccc(F)c1)C(=O)C2. The minimum Gasteiger partial charge on any atom is -0.299 e. The fourth-order valence-electron chi connectivity index (χ4n) is 4.32. The van der Waals surface area contributed by atoms with Crippen LogP contribution in [0.25, 0.3) is 0 Å². The summed E-state index contributed by atoms with van der Waals surface area (Å²) in [5.74, 6) is -0.202. The Morgan fingerprint density at radius 3 is 2.65 bits per heavy atom. The number of halogens is 1. The van der Waals surface area contributed by atoms with Crippen LogP contribution in [0.2, 0.25) is 0 Å². The van der Waals surface area contributed by atoms with E-state index in [1.165, 1.54) is 12.1 Å². The Morgan fingerprint density at radius 1 is 1.35 bits per heavy atom. The normalized spacial score (nSPS) is 29.2. The molecule has 6 heteroatoms. The van der Waals surface area contributed by atoms with Crippen molar-refractivity contribution in [3.8, 4) is 0 Å². The van der Waals surface area contributed by atoms with Gasteiger partial charge in [0.1, 0.15) is 11.6 Å². The second-order valence-corrected chi connectivity index (χ2v) is 9.18. The van der Waals surface area contributed by atoms with Crippen LogP contribution in [0.15, 0.2) is 24.3 Å². The molecule has 1 aromatic rings. The molecular weight excluding hydrogens is 317 g/mol. The van der Waals surface area contributed by atoms with E-state index in [1.807, 2.05) is 13.8 Å². The number of rotatable bonds is 5. The summed E-state index contributed by atoms with van der Waals surface area (Å²) in [6.07, 6.45) is 2.05. The zero-order valence-corrected chi connectivity index (χ0v) is 14.2. The van der Waals surface area contributed by atoms with E-state index in [9.17, 15) is 17.6 Å². The maximum absolute atomic E-state index is 13.2. The van der Waals surface area contributed by atoms with Gasteiger partial charge in [0.05, 0.1) is 5.75 Å². The predicted octanol–water partition coefficient (Wildman–Crippen LogP) is 2.64. The summed E-state index contributed by atoms with van der Waals surface area (Å²) >= 11 is 0. The van der Waals surface area contributed by atoms with Crippen LogP contribution in [-0.4, -0.2) is 20.0 Å². The number of nitrogens with one attached hydrogen (secondary N) is 1. The second kappa shape index (κ2) is 5.38. The van der Waals surface area contributed by atoms with Crippen molar-refractivity contribution in [2.24, 2.45) is 16.7 Å². The third-order valence-electron chi connectivity index (χ3n) is 5.96. The molecule has 0 heterocycles. The quantitative estimate of drug-likeness (QED) is 0.897. The molecule has 0 aromatic heterocycles. The van der Waals surface area contributed by atoms with Crippen molar-refractivity contribution in [1.82, 2.24) is 4.72 Å². The van der Waals surface area contributed by atoms with E-state index in [1.54, 1.807) is 12.1 Å².